The number of aromatic nitrogens is 1. The van der Waals surface area contributed by atoms with Crippen LogP contribution >= 0.6 is 12.4 Å². The summed E-state index contributed by atoms with van der Waals surface area (Å²) in [5.74, 6) is 1.48. The molecule has 0 aliphatic carbocycles. The lowest BCUT2D eigenvalue weighted by Gasteiger charge is -2.42. The predicted molar refractivity (Wildman–Crippen MR) is 97.4 cm³/mol. The quantitative estimate of drug-likeness (QED) is 0.915. The summed E-state index contributed by atoms with van der Waals surface area (Å²) in [7, 11) is 1.66. The van der Waals surface area contributed by atoms with Crippen molar-refractivity contribution in [2.75, 3.05) is 20.2 Å². The zero-order chi connectivity index (χ0) is 16.4. The number of likely N-dealkylation sites (tertiary alicyclic amines) is 1. The molecule has 132 valence electrons. The normalized spacial score (nSPS) is 20.4. The van der Waals surface area contributed by atoms with Gasteiger partial charge in [-0.2, -0.15) is 0 Å². The molecule has 2 aromatic rings. The van der Waals surface area contributed by atoms with Crippen molar-refractivity contribution in [3.8, 4) is 17.2 Å². The number of piperidine rings is 1. The molecule has 1 atom stereocenters. The van der Waals surface area contributed by atoms with Crippen molar-refractivity contribution in [3.63, 3.8) is 0 Å². The average molecular weight is 352 g/mol. The van der Waals surface area contributed by atoms with Crippen molar-refractivity contribution in [3.05, 3.63) is 36.2 Å². The Morgan fingerprint density at radius 3 is 2.67 bits per heavy atom. The number of methoxy groups -OCH3 is 1. The van der Waals surface area contributed by atoms with Crippen LogP contribution in [-0.4, -0.2) is 36.1 Å². The maximum Gasteiger partial charge on any atom is 0.226 e. The van der Waals surface area contributed by atoms with Crippen LogP contribution in [-0.2, 0) is 6.54 Å². The van der Waals surface area contributed by atoms with Gasteiger partial charge in [-0.05, 0) is 36.1 Å². The highest BCUT2D eigenvalue weighted by Crippen LogP contribution is 2.29. The van der Waals surface area contributed by atoms with Gasteiger partial charge < -0.3 is 14.9 Å². The van der Waals surface area contributed by atoms with E-state index in [9.17, 15) is 0 Å². The first-order valence-corrected chi connectivity index (χ1v) is 8.05. The van der Waals surface area contributed by atoms with Gasteiger partial charge in [-0.1, -0.05) is 13.8 Å². The van der Waals surface area contributed by atoms with Crippen LogP contribution in [0, 0.1) is 5.41 Å². The first kappa shape index (κ1) is 18.8. The van der Waals surface area contributed by atoms with E-state index in [1.807, 2.05) is 24.3 Å². The smallest absolute Gasteiger partial charge is 0.226 e. The van der Waals surface area contributed by atoms with Crippen LogP contribution in [0.5, 0.6) is 5.75 Å². The van der Waals surface area contributed by atoms with Crippen LogP contribution in [0.4, 0.5) is 0 Å². The third kappa shape index (κ3) is 4.09. The molecule has 3 rings (SSSR count). The standard InChI is InChI=1S/C18H25N3O2.ClH/c1-18(2)12-21(9-8-16(18)19)10-14-11-23-17(20-14)13-4-6-15(22-3)7-5-13;/h4-7,11,16H,8-10,12,19H2,1-3H3;1H. The number of benzene rings is 1. The van der Waals surface area contributed by atoms with Crippen LogP contribution < -0.4 is 10.5 Å². The summed E-state index contributed by atoms with van der Waals surface area (Å²) in [5, 5.41) is 0. The van der Waals surface area contributed by atoms with Gasteiger partial charge in [0.2, 0.25) is 5.89 Å². The Kier molecular flexibility index (Phi) is 5.91. The van der Waals surface area contributed by atoms with Gasteiger partial charge in [0, 0.05) is 31.2 Å². The average Bonchev–Trinajstić information content (AvgIpc) is 2.99. The summed E-state index contributed by atoms with van der Waals surface area (Å²) < 4.78 is 10.8. The van der Waals surface area contributed by atoms with E-state index < -0.39 is 0 Å². The van der Waals surface area contributed by atoms with Crippen molar-refractivity contribution >= 4 is 12.4 Å². The molecule has 0 radical (unpaired) electrons. The molecule has 5 nitrogen and oxygen atoms in total. The fraction of sp³-hybridized carbons (Fsp3) is 0.500. The number of rotatable bonds is 4. The molecular formula is C18H26ClN3O2. The van der Waals surface area contributed by atoms with E-state index in [1.54, 1.807) is 13.4 Å². The summed E-state index contributed by atoms with van der Waals surface area (Å²) in [5.41, 5.74) is 8.26. The number of nitrogens with zero attached hydrogens (tertiary/aromatic N) is 2. The number of hydrogen-bond acceptors (Lipinski definition) is 5. The molecule has 1 aromatic heterocycles. The molecule has 1 fully saturated rings. The minimum atomic E-state index is 0. The van der Waals surface area contributed by atoms with E-state index in [1.165, 1.54) is 0 Å². The number of ether oxygens (including phenoxy) is 1. The Hall–Kier alpha value is -1.56. The zero-order valence-corrected chi connectivity index (χ0v) is 15.3. The first-order chi connectivity index (χ1) is 11.0. The molecule has 2 heterocycles. The van der Waals surface area contributed by atoms with E-state index in [0.717, 1.165) is 43.1 Å². The third-order valence-electron chi connectivity index (χ3n) is 4.67. The molecule has 0 spiro atoms. The van der Waals surface area contributed by atoms with Crippen LogP contribution in [0.2, 0.25) is 0 Å². The molecule has 1 aliphatic heterocycles. The molecular weight excluding hydrogens is 326 g/mol. The van der Waals surface area contributed by atoms with E-state index in [4.69, 9.17) is 14.9 Å². The molecule has 0 amide bonds. The molecule has 0 saturated carbocycles. The number of oxazole rings is 1. The lowest BCUT2D eigenvalue weighted by molar-refractivity contribution is 0.0889. The molecule has 1 aromatic carbocycles. The van der Waals surface area contributed by atoms with Crippen molar-refractivity contribution in [2.45, 2.75) is 32.9 Å². The van der Waals surface area contributed by atoms with Gasteiger partial charge in [0.15, 0.2) is 0 Å². The van der Waals surface area contributed by atoms with Crippen LogP contribution in [0.3, 0.4) is 0 Å². The first-order valence-electron chi connectivity index (χ1n) is 8.05. The topological polar surface area (TPSA) is 64.5 Å². The lowest BCUT2D eigenvalue weighted by atomic mass is 9.80. The van der Waals surface area contributed by atoms with Crippen molar-refractivity contribution < 1.29 is 9.15 Å². The number of hydrogen-bond donors (Lipinski definition) is 1. The monoisotopic (exact) mass is 351 g/mol. The van der Waals surface area contributed by atoms with E-state index in [-0.39, 0.29) is 23.9 Å². The van der Waals surface area contributed by atoms with Crippen LogP contribution in [0.1, 0.15) is 26.0 Å². The molecule has 1 unspecified atom stereocenters. The Bertz CT molecular complexity index is 655. The largest absolute Gasteiger partial charge is 0.497 e. The van der Waals surface area contributed by atoms with Crippen LogP contribution in [0.25, 0.3) is 11.5 Å². The Morgan fingerprint density at radius 2 is 2.04 bits per heavy atom. The number of nitrogens with two attached hydrogens (primary N) is 1. The van der Waals surface area contributed by atoms with Gasteiger partial charge in [-0.25, -0.2) is 4.98 Å². The third-order valence-corrected chi connectivity index (χ3v) is 4.67. The highest BCUT2D eigenvalue weighted by Gasteiger charge is 2.33. The Labute approximate surface area is 149 Å². The van der Waals surface area contributed by atoms with Gasteiger partial charge in [-0.15, -0.1) is 12.4 Å². The van der Waals surface area contributed by atoms with Gasteiger partial charge in [0.1, 0.15) is 12.0 Å². The van der Waals surface area contributed by atoms with E-state index in [0.29, 0.717) is 5.89 Å². The van der Waals surface area contributed by atoms with Crippen molar-refractivity contribution in [2.24, 2.45) is 11.1 Å². The van der Waals surface area contributed by atoms with Gasteiger partial charge >= 0.3 is 0 Å². The second kappa shape index (κ2) is 7.55. The van der Waals surface area contributed by atoms with Gasteiger partial charge in [-0.3, -0.25) is 4.90 Å². The Balaban J connectivity index is 0.00000208. The molecule has 6 heteroatoms. The SMILES string of the molecule is COc1ccc(-c2nc(CN3CCC(N)C(C)(C)C3)co2)cc1.Cl. The highest BCUT2D eigenvalue weighted by molar-refractivity contribution is 5.85. The van der Waals surface area contributed by atoms with E-state index >= 15 is 0 Å². The maximum absolute atomic E-state index is 6.20. The minimum Gasteiger partial charge on any atom is -0.497 e. The Morgan fingerprint density at radius 1 is 1.33 bits per heavy atom. The molecule has 1 saturated heterocycles. The minimum absolute atomic E-state index is 0. The fourth-order valence-electron chi connectivity index (χ4n) is 3.09. The maximum atomic E-state index is 6.20. The highest BCUT2D eigenvalue weighted by atomic mass is 35.5. The fourth-order valence-corrected chi connectivity index (χ4v) is 3.09. The second-order valence-electron chi connectivity index (χ2n) is 6.97. The molecule has 1 aliphatic rings. The van der Waals surface area contributed by atoms with E-state index in [2.05, 4.69) is 23.7 Å². The van der Waals surface area contributed by atoms with Gasteiger partial charge in [0.05, 0.1) is 12.8 Å². The summed E-state index contributed by atoms with van der Waals surface area (Å²) in [4.78, 5) is 7.02. The van der Waals surface area contributed by atoms with Crippen LogP contribution in [0.15, 0.2) is 34.9 Å². The lowest BCUT2D eigenvalue weighted by Crippen LogP contribution is -2.52. The zero-order valence-electron chi connectivity index (χ0n) is 14.5. The number of halogens is 1. The van der Waals surface area contributed by atoms with Crippen molar-refractivity contribution in [1.82, 2.24) is 9.88 Å². The summed E-state index contributed by atoms with van der Waals surface area (Å²) in [6, 6.07) is 8.00. The second-order valence-corrected chi connectivity index (χ2v) is 6.97. The molecule has 2 N–H and O–H groups in total. The van der Waals surface area contributed by atoms with Gasteiger partial charge in [0.25, 0.3) is 0 Å². The summed E-state index contributed by atoms with van der Waals surface area (Å²) >= 11 is 0. The molecule has 24 heavy (non-hydrogen) atoms. The molecule has 0 bridgehead atoms. The predicted octanol–water partition coefficient (Wildman–Crippen LogP) is 3.33. The summed E-state index contributed by atoms with van der Waals surface area (Å²) in [6.07, 6.45) is 2.78. The van der Waals surface area contributed by atoms with Crippen molar-refractivity contribution in [1.29, 1.82) is 0 Å². The summed E-state index contributed by atoms with van der Waals surface area (Å²) in [6.45, 7) is 7.26.